The molecule has 0 atom stereocenters. The summed E-state index contributed by atoms with van der Waals surface area (Å²) in [5.41, 5.74) is 3.80. The van der Waals surface area contributed by atoms with Gasteiger partial charge in [0.05, 0.1) is 11.4 Å². The first-order chi connectivity index (χ1) is 19.2. The minimum absolute atomic E-state index is 0.0802. The van der Waals surface area contributed by atoms with E-state index in [9.17, 15) is 19.2 Å². The number of amides is 5. The highest BCUT2D eigenvalue weighted by Gasteiger charge is 2.52. The predicted octanol–water partition coefficient (Wildman–Crippen LogP) is 4.84. The summed E-state index contributed by atoms with van der Waals surface area (Å²) in [7, 11) is 3.42. The number of fused-ring (bicyclic) bond motifs is 1. The van der Waals surface area contributed by atoms with E-state index in [2.05, 4.69) is 18.8 Å². The molecule has 0 bridgehead atoms. The van der Waals surface area contributed by atoms with Crippen molar-refractivity contribution in [3.63, 3.8) is 0 Å². The van der Waals surface area contributed by atoms with Gasteiger partial charge in [0.2, 0.25) is 5.91 Å². The second kappa shape index (κ2) is 9.83. The SMILES string of the molecule is CC(=O)N1CC(C)(C)c2ccc(N3C(=O)N(Cc4ccnc(-c5ccc(C(=O)N(C)C)cc5)c4)C(C)(C)C3=O)cc21. The Labute approximate surface area is 240 Å². The van der Waals surface area contributed by atoms with E-state index in [1.165, 1.54) is 16.7 Å². The molecule has 0 aliphatic carbocycles. The molecule has 2 aromatic carbocycles. The van der Waals surface area contributed by atoms with Crippen molar-refractivity contribution in [3.8, 4) is 11.3 Å². The maximum Gasteiger partial charge on any atom is 0.332 e. The van der Waals surface area contributed by atoms with Gasteiger partial charge in [0.1, 0.15) is 5.54 Å². The third-order valence-corrected chi connectivity index (χ3v) is 8.02. The normalized spacial score (nSPS) is 17.2. The lowest BCUT2D eigenvalue weighted by molar-refractivity contribution is -0.123. The second-order valence-electron chi connectivity index (χ2n) is 12.1. The van der Waals surface area contributed by atoms with E-state index in [1.54, 1.807) is 68.2 Å². The largest absolute Gasteiger partial charge is 0.345 e. The summed E-state index contributed by atoms with van der Waals surface area (Å²) in [6, 6.07) is 16.0. The maximum absolute atomic E-state index is 13.8. The first-order valence-electron chi connectivity index (χ1n) is 13.6. The number of hydrogen-bond acceptors (Lipinski definition) is 5. The van der Waals surface area contributed by atoms with Crippen molar-refractivity contribution in [2.24, 2.45) is 0 Å². The monoisotopic (exact) mass is 553 g/mol. The number of hydrogen-bond donors (Lipinski definition) is 0. The van der Waals surface area contributed by atoms with Gasteiger partial charge in [0.25, 0.3) is 11.8 Å². The number of benzene rings is 2. The highest BCUT2D eigenvalue weighted by Crippen LogP contribution is 2.44. The van der Waals surface area contributed by atoms with Crippen LogP contribution in [0.2, 0.25) is 0 Å². The zero-order valence-electron chi connectivity index (χ0n) is 24.6. The van der Waals surface area contributed by atoms with Crippen molar-refractivity contribution in [1.82, 2.24) is 14.8 Å². The molecule has 5 amide bonds. The number of aromatic nitrogens is 1. The van der Waals surface area contributed by atoms with Crippen LogP contribution in [0, 0.1) is 0 Å². The molecule has 1 saturated heterocycles. The fourth-order valence-corrected chi connectivity index (χ4v) is 5.58. The minimum Gasteiger partial charge on any atom is -0.345 e. The molecule has 212 valence electrons. The first kappa shape index (κ1) is 28.0. The summed E-state index contributed by atoms with van der Waals surface area (Å²) in [5, 5.41) is 0. The van der Waals surface area contributed by atoms with Crippen LogP contribution in [-0.2, 0) is 21.5 Å². The van der Waals surface area contributed by atoms with Crippen LogP contribution in [0.15, 0.2) is 60.8 Å². The molecular weight excluding hydrogens is 518 g/mol. The summed E-state index contributed by atoms with van der Waals surface area (Å²) in [6.07, 6.45) is 1.68. The summed E-state index contributed by atoms with van der Waals surface area (Å²) < 4.78 is 0. The van der Waals surface area contributed by atoms with Gasteiger partial charge in [0, 0.05) is 62.5 Å². The molecule has 3 aromatic rings. The average molecular weight is 554 g/mol. The molecule has 0 N–H and O–H groups in total. The number of rotatable bonds is 5. The molecular formula is C32H35N5O4. The van der Waals surface area contributed by atoms with Crippen molar-refractivity contribution in [2.75, 3.05) is 30.4 Å². The fraction of sp³-hybridized carbons (Fsp3) is 0.344. The molecule has 2 aliphatic heterocycles. The Hall–Kier alpha value is -4.53. The van der Waals surface area contributed by atoms with Gasteiger partial charge in [-0.15, -0.1) is 0 Å². The Kier molecular flexibility index (Phi) is 6.72. The summed E-state index contributed by atoms with van der Waals surface area (Å²) in [6.45, 7) is 9.91. The molecule has 0 spiro atoms. The van der Waals surface area contributed by atoms with E-state index in [0.717, 1.165) is 22.4 Å². The Morgan fingerprint density at radius 3 is 2.27 bits per heavy atom. The van der Waals surface area contributed by atoms with Crippen LogP contribution in [0.1, 0.15) is 56.1 Å². The molecule has 41 heavy (non-hydrogen) atoms. The number of imide groups is 1. The van der Waals surface area contributed by atoms with Gasteiger partial charge in [-0.1, -0.05) is 32.0 Å². The molecule has 0 saturated carbocycles. The van der Waals surface area contributed by atoms with Gasteiger partial charge in [0.15, 0.2) is 0 Å². The van der Waals surface area contributed by atoms with Gasteiger partial charge in [-0.2, -0.15) is 0 Å². The van der Waals surface area contributed by atoms with Crippen LogP contribution >= 0.6 is 0 Å². The molecule has 1 fully saturated rings. The number of pyridine rings is 1. The summed E-state index contributed by atoms with van der Waals surface area (Å²) in [5.74, 6) is -0.490. The van der Waals surface area contributed by atoms with Crippen molar-refractivity contribution in [2.45, 2.75) is 52.1 Å². The first-order valence-corrected chi connectivity index (χ1v) is 13.6. The van der Waals surface area contributed by atoms with Gasteiger partial charge in [-0.3, -0.25) is 19.4 Å². The quantitative estimate of drug-likeness (QED) is 0.422. The molecule has 3 heterocycles. The Balaban J connectivity index is 1.42. The predicted molar refractivity (Wildman–Crippen MR) is 158 cm³/mol. The standard InChI is InChI=1S/C32H35N5O4/c1-20(38)35-19-31(2,3)25-13-12-24(17-27(25)35)37-29(40)32(4,5)36(30(37)41)18-21-14-15-33-26(16-21)22-8-10-23(11-9-22)28(39)34(6)7/h8-17H,18-19H2,1-7H3. The number of carbonyl (C=O) groups is 4. The zero-order chi connectivity index (χ0) is 29.9. The van der Waals surface area contributed by atoms with E-state index in [-0.39, 0.29) is 29.7 Å². The van der Waals surface area contributed by atoms with Crippen LogP contribution in [0.4, 0.5) is 16.2 Å². The lowest BCUT2D eigenvalue weighted by Crippen LogP contribution is -2.43. The lowest BCUT2D eigenvalue weighted by atomic mass is 9.87. The number of urea groups is 1. The van der Waals surface area contributed by atoms with Crippen LogP contribution in [0.3, 0.4) is 0 Å². The minimum atomic E-state index is -1.09. The molecule has 0 radical (unpaired) electrons. The van der Waals surface area contributed by atoms with E-state index in [4.69, 9.17) is 0 Å². The van der Waals surface area contributed by atoms with E-state index in [0.29, 0.717) is 23.5 Å². The zero-order valence-corrected chi connectivity index (χ0v) is 24.6. The van der Waals surface area contributed by atoms with Crippen molar-refractivity contribution in [3.05, 3.63) is 77.5 Å². The molecule has 5 rings (SSSR count). The topological polar surface area (TPSA) is 94.1 Å². The fourth-order valence-electron chi connectivity index (χ4n) is 5.58. The highest BCUT2D eigenvalue weighted by atomic mass is 16.2. The van der Waals surface area contributed by atoms with Crippen LogP contribution < -0.4 is 9.80 Å². The summed E-state index contributed by atoms with van der Waals surface area (Å²) in [4.78, 5) is 62.5. The van der Waals surface area contributed by atoms with Gasteiger partial charge in [-0.05, 0) is 61.4 Å². The van der Waals surface area contributed by atoms with Crippen LogP contribution in [0.25, 0.3) is 11.3 Å². The van der Waals surface area contributed by atoms with Crippen molar-refractivity contribution in [1.29, 1.82) is 0 Å². The smallest absolute Gasteiger partial charge is 0.332 e. The number of anilines is 2. The van der Waals surface area contributed by atoms with Crippen molar-refractivity contribution < 1.29 is 19.2 Å². The van der Waals surface area contributed by atoms with Gasteiger partial charge >= 0.3 is 6.03 Å². The molecule has 0 unspecified atom stereocenters. The average Bonchev–Trinajstić information content (AvgIpc) is 3.29. The van der Waals surface area contributed by atoms with Gasteiger partial charge < -0.3 is 14.7 Å². The molecule has 1 aromatic heterocycles. The third-order valence-electron chi connectivity index (χ3n) is 8.02. The molecule has 9 heteroatoms. The Morgan fingerprint density at radius 2 is 1.63 bits per heavy atom. The van der Waals surface area contributed by atoms with E-state index in [1.807, 2.05) is 30.3 Å². The van der Waals surface area contributed by atoms with Crippen molar-refractivity contribution >= 4 is 35.1 Å². The van der Waals surface area contributed by atoms with Gasteiger partial charge in [-0.25, -0.2) is 9.69 Å². The Bertz CT molecular complexity index is 1580. The second-order valence-corrected chi connectivity index (χ2v) is 12.1. The maximum atomic E-state index is 13.8. The van der Waals surface area contributed by atoms with E-state index >= 15 is 0 Å². The number of nitrogens with zero attached hydrogens (tertiary/aromatic N) is 5. The molecule has 9 nitrogen and oxygen atoms in total. The van der Waals surface area contributed by atoms with E-state index < -0.39 is 11.6 Å². The third kappa shape index (κ3) is 4.75. The summed E-state index contributed by atoms with van der Waals surface area (Å²) >= 11 is 0. The Morgan fingerprint density at radius 1 is 0.951 bits per heavy atom. The lowest BCUT2D eigenvalue weighted by Gasteiger charge is -2.27. The van der Waals surface area contributed by atoms with Crippen LogP contribution in [-0.4, -0.2) is 64.7 Å². The molecule has 2 aliphatic rings. The van der Waals surface area contributed by atoms with Crippen LogP contribution in [0.5, 0.6) is 0 Å². The number of carbonyl (C=O) groups excluding carboxylic acids is 4. The highest BCUT2D eigenvalue weighted by molar-refractivity contribution is 6.23.